The Kier molecular flexibility index (Phi) is 10.0. The molecule has 4 nitrogen and oxygen atoms in total. The molecule has 0 aliphatic carbocycles. The maximum absolute atomic E-state index is 8.25. The first-order chi connectivity index (χ1) is 8.71. The van der Waals surface area contributed by atoms with E-state index in [1.165, 1.54) is 32.2 Å². The third kappa shape index (κ3) is 7.09. The van der Waals surface area contributed by atoms with Gasteiger partial charge in [-0.05, 0) is 25.7 Å². The van der Waals surface area contributed by atoms with E-state index in [4.69, 9.17) is 9.90 Å². The molecule has 0 aromatic carbocycles. The van der Waals surface area contributed by atoms with Crippen molar-refractivity contribution in [3.05, 3.63) is 18.7 Å². The van der Waals surface area contributed by atoms with Crippen LogP contribution in [0, 0.1) is 5.92 Å². The van der Waals surface area contributed by atoms with Gasteiger partial charge in [0, 0.05) is 6.47 Å². The minimum Gasteiger partial charge on any atom is -0.554 e. The Morgan fingerprint density at radius 2 is 2.06 bits per heavy atom. The zero-order chi connectivity index (χ0) is 13.8. The number of unbranched alkanes of at least 4 members (excludes halogenated alkanes) is 1. The average molecular weight is 254 g/mol. The lowest BCUT2D eigenvalue weighted by atomic mass is 9.99. The fourth-order valence-corrected chi connectivity index (χ4v) is 1.95. The summed E-state index contributed by atoms with van der Waals surface area (Å²) in [7, 11) is 0. The van der Waals surface area contributed by atoms with Gasteiger partial charge in [-0.1, -0.05) is 26.7 Å². The van der Waals surface area contributed by atoms with Crippen LogP contribution >= 0.6 is 0 Å². The van der Waals surface area contributed by atoms with Crippen LogP contribution in [-0.4, -0.2) is 11.0 Å². The number of aromatic nitrogens is 2. The van der Waals surface area contributed by atoms with Crippen LogP contribution in [0.4, 0.5) is 0 Å². The van der Waals surface area contributed by atoms with Crippen molar-refractivity contribution in [2.75, 3.05) is 0 Å². The molecule has 104 valence electrons. The summed E-state index contributed by atoms with van der Waals surface area (Å²) in [4.78, 5) is 8.25. The molecule has 0 N–H and O–H groups in total. The predicted molar refractivity (Wildman–Crippen MR) is 69.7 cm³/mol. The monoisotopic (exact) mass is 254 g/mol. The van der Waals surface area contributed by atoms with Gasteiger partial charge in [-0.3, -0.25) is 0 Å². The molecule has 0 amide bonds. The fourth-order valence-electron chi connectivity index (χ4n) is 1.95. The predicted octanol–water partition coefficient (Wildman–Crippen LogP) is 1.38. The van der Waals surface area contributed by atoms with E-state index in [0.717, 1.165) is 12.5 Å². The summed E-state index contributed by atoms with van der Waals surface area (Å²) in [5, 5.41) is 8.25. The molecule has 0 spiro atoms. The Morgan fingerprint density at radius 3 is 2.50 bits per heavy atom. The van der Waals surface area contributed by atoms with Gasteiger partial charge >= 0.3 is 0 Å². The highest BCUT2D eigenvalue weighted by atomic mass is 16.3. The van der Waals surface area contributed by atoms with E-state index in [-0.39, 0.29) is 0 Å². The summed E-state index contributed by atoms with van der Waals surface area (Å²) in [5.74, 6) is 0.850. The van der Waals surface area contributed by atoms with E-state index in [0.29, 0.717) is 0 Å². The third-order valence-electron chi connectivity index (χ3n) is 3.12. The highest BCUT2D eigenvalue weighted by Crippen LogP contribution is 2.12. The molecule has 0 saturated carbocycles. The van der Waals surface area contributed by atoms with Gasteiger partial charge < -0.3 is 9.90 Å². The average Bonchev–Trinajstić information content (AvgIpc) is 2.83. The van der Waals surface area contributed by atoms with Crippen molar-refractivity contribution in [2.45, 2.75) is 59.5 Å². The topological polar surface area (TPSA) is 48.9 Å². The second-order valence-electron chi connectivity index (χ2n) is 4.45. The van der Waals surface area contributed by atoms with Crippen LogP contribution in [0.5, 0.6) is 0 Å². The molecule has 1 aromatic heterocycles. The molecule has 0 aliphatic rings. The number of hydrogen-bond acceptors (Lipinski definition) is 2. The first-order valence-corrected chi connectivity index (χ1v) is 6.82. The molecular weight excluding hydrogens is 228 g/mol. The van der Waals surface area contributed by atoms with Crippen LogP contribution in [0.1, 0.15) is 46.5 Å². The molecule has 0 saturated heterocycles. The normalized spacial score (nSPS) is 11.5. The van der Waals surface area contributed by atoms with Crippen LogP contribution < -0.4 is 9.67 Å². The number of hydrogen-bond donors (Lipinski definition) is 0. The zero-order valence-electron chi connectivity index (χ0n) is 11.8. The second-order valence-corrected chi connectivity index (χ2v) is 4.45. The molecule has 0 aliphatic heterocycles. The van der Waals surface area contributed by atoms with Crippen molar-refractivity contribution in [1.29, 1.82) is 0 Å². The lowest BCUT2D eigenvalue weighted by Crippen LogP contribution is -2.35. The minimum atomic E-state index is -0.500. The van der Waals surface area contributed by atoms with Crippen LogP contribution in [0.15, 0.2) is 18.7 Å². The van der Waals surface area contributed by atoms with Gasteiger partial charge in [0.1, 0.15) is 12.4 Å². The molecule has 1 heterocycles. The van der Waals surface area contributed by atoms with Crippen molar-refractivity contribution in [3.8, 4) is 0 Å². The number of rotatable bonds is 7. The molecule has 1 atom stereocenters. The third-order valence-corrected chi connectivity index (χ3v) is 3.12. The molecule has 0 bridgehead atoms. The van der Waals surface area contributed by atoms with Gasteiger partial charge in [-0.15, -0.1) is 0 Å². The number of carboxylic acid groups (broad SMARTS) is 1. The quantitative estimate of drug-likeness (QED) is 0.545. The Labute approximate surface area is 110 Å². The maximum atomic E-state index is 8.25. The van der Waals surface area contributed by atoms with Crippen molar-refractivity contribution in [2.24, 2.45) is 5.92 Å². The Hall–Kier alpha value is -1.32. The summed E-state index contributed by atoms with van der Waals surface area (Å²) >= 11 is 0. The standard InChI is InChI=1S/C13H25N2.CH2O2/c1-4-7-8-13(5-2)11-15-10-9-14(6-3)12-15;2-1-3/h9-10,12-13H,4-8,11H2,1-3H3;1H,(H,2,3)/q+1;/p-1. The highest BCUT2D eigenvalue weighted by Gasteiger charge is 2.10. The van der Waals surface area contributed by atoms with Gasteiger partial charge in [0.05, 0.1) is 13.1 Å². The van der Waals surface area contributed by atoms with Crippen LogP contribution in [0.2, 0.25) is 0 Å². The number of aryl methyl sites for hydroxylation is 1. The highest BCUT2D eigenvalue weighted by molar-refractivity contribution is 5.29. The van der Waals surface area contributed by atoms with Crippen LogP contribution in [0.25, 0.3) is 0 Å². The van der Waals surface area contributed by atoms with Crippen molar-refractivity contribution in [3.63, 3.8) is 0 Å². The minimum absolute atomic E-state index is 0.500. The summed E-state index contributed by atoms with van der Waals surface area (Å²) in [6, 6.07) is 0. The first kappa shape index (κ1) is 16.7. The van der Waals surface area contributed by atoms with E-state index < -0.39 is 6.47 Å². The van der Waals surface area contributed by atoms with Gasteiger partial charge in [0.2, 0.25) is 6.33 Å². The fraction of sp³-hybridized carbons (Fsp3) is 0.714. The summed E-state index contributed by atoms with van der Waals surface area (Å²) in [5.41, 5.74) is 0. The molecule has 0 radical (unpaired) electrons. The van der Waals surface area contributed by atoms with Gasteiger partial charge in [-0.25, -0.2) is 9.13 Å². The molecular formula is C14H26N2O2. The van der Waals surface area contributed by atoms with E-state index in [2.05, 4.69) is 48.6 Å². The lowest BCUT2D eigenvalue weighted by molar-refractivity contribution is -0.703. The largest absolute Gasteiger partial charge is 0.554 e. The van der Waals surface area contributed by atoms with Crippen LogP contribution in [-0.2, 0) is 17.9 Å². The SMILES string of the molecule is CCCCC(CC)C[n+]1ccn(CC)c1.O=C[O-]. The summed E-state index contributed by atoms with van der Waals surface area (Å²) in [6.45, 7) is 8.51. The van der Waals surface area contributed by atoms with E-state index in [9.17, 15) is 0 Å². The van der Waals surface area contributed by atoms with E-state index >= 15 is 0 Å². The molecule has 4 heteroatoms. The van der Waals surface area contributed by atoms with Gasteiger partial charge in [0.15, 0.2) is 0 Å². The van der Waals surface area contributed by atoms with Crippen molar-refractivity contribution < 1.29 is 14.5 Å². The first-order valence-electron chi connectivity index (χ1n) is 6.82. The number of nitrogens with zero attached hydrogens (tertiary/aromatic N) is 2. The van der Waals surface area contributed by atoms with Crippen molar-refractivity contribution >= 4 is 6.47 Å². The maximum Gasteiger partial charge on any atom is 0.243 e. The second kappa shape index (κ2) is 10.8. The van der Waals surface area contributed by atoms with Crippen molar-refractivity contribution in [1.82, 2.24) is 4.57 Å². The van der Waals surface area contributed by atoms with Gasteiger partial charge in [-0.2, -0.15) is 0 Å². The smallest absolute Gasteiger partial charge is 0.243 e. The summed E-state index contributed by atoms with van der Waals surface area (Å²) < 4.78 is 4.56. The molecule has 1 aromatic rings. The Balaban J connectivity index is 0.000000873. The molecule has 1 unspecified atom stereocenters. The van der Waals surface area contributed by atoms with Crippen LogP contribution in [0.3, 0.4) is 0 Å². The number of carbonyl (C=O) groups excluding carboxylic acids is 1. The van der Waals surface area contributed by atoms with Gasteiger partial charge in [0.25, 0.3) is 0 Å². The zero-order valence-corrected chi connectivity index (χ0v) is 11.8. The number of imidazole rings is 1. The molecule has 18 heavy (non-hydrogen) atoms. The Morgan fingerprint density at radius 1 is 1.39 bits per heavy atom. The van der Waals surface area contributed by atoms with E-state index in [1.54, 1.807) is 0 Å². The Bertz CT molecular complexity index is 310. The lowest BCUT2D eigenvalue weighted by Gasteiger charge is -2.11. The molecule has 1 rings (SSSR count). The summed E-state index contributed by atoms with van der Waals surface area (Å²) in [6.07, 6.45) is 11.9. The number of carbonyl (C=O) groups is 1. The van der Waals surface area contributed by atoms with E-state index in [1.807, 2.05) is 0 Å². The molecule has 0 fully saturated rings.